The Morgan fingerprint density at radius 3 is 2.42 bits per heavy atom. The van der Waals surface area contributed by atoms with Gasteiger partial charge in [0.2, 0.25) is 0 Å². The molecule has 0 saturated carbocycles. The molecule has 12 heavy (non-hydrogen) atoms. The number of nitrogens with zero attached hydrogens (tertiary/aromatic N) is 3. The molecule has 0 aromatic heterocycles. The summed E-state index contributed by atoms with van der Waals surface area (Å²) in [6.45, 7) is 6.20. The smallest absolute Gasteiger partial charge is 0.352 e. The maximum absolute atomic E-state index is 11.2. The van der Waals surface area contributed by atoms with Gasteiger partial charge in [0, 0.05) is 20.5 Å². The van der Waals surface area contributed by atoms with E-state index in [-0.39, 0.29) is 11.6 Å². The molecule has 0 rings (SSSR count). The Kier molecular flexibility index (Phi) is 4.22. The fourth-order valence-corrected chi connectivity index (χ4v) is 0.950. The van der Waals surface area contributed by atoms with Crippen LogP contribution in [0.4, 0.5) is 0 Å². The molecule has 0 fully saturated rings. The Balaban J connectivity index is 4.20. The van der Waals surface area contributed by atoms with E-state index in [1.165, 1.54) is 6.92 Å². The van der Waals surface area contributed by atoms with Gasteiger partial charge in [-0.25, -0.2) is 0 Å². The highest BCUT2D eigenvalue weighted by atomic mass is 16.2. The van der Waals surface area contributed by atoms with Crippen LogP contribution in [0.3, 0.4) is 0 Å². The van der Waals surface area contributed by atoms with Gasteiger partial charge >= 0.3 is 11.6 Å². The second-order valence-corrected chi connectivity index (χ2v) is 3.26. The van der Waals surface area contributed by atoms with Crippen LogP contribution in [0.25, 0.3) is 5.53 Å². The van der Waals surface area contributed by atoms with E-state index in [0.717, 1.165) is 0 Å². The lowest BCUT2D eigenvalue weighted by Gasteiger charge is -2.15. The first-order valence-corrected chi connectivity index (χ1v) is 3.93. The molecule has 4 heteroatoms. The van der Waals surface area contributed by atoms with Crippen molar-refractivity contribution in [1.29, 1.82) is 0 Å². The average Bonchev–Trinajstić information content (AvgIpc) is 2.00. The van der Waals surface area contributed by atoms with Crippen LogP contribution in [0.5, 0.6) is 0 Å². The van der Waals surface area contributed by atoms with Crippen LogP contribution in [0.15, 0.2) is 0 Å². The maximum atomic E-state index is 11.2. The van der Waals surface area contributed by atoms with Gasteiger partial charge in [0.25, 0.3) is 0 Å². The van der Waals surface area contributed by atoms with E-state index >= 15 is 0 Å². The zero-order chi connectivity index (χ0) is 9.72. The molecule has 0 aromatic rings. The van der Waals surface area contributed by atoms with Crippen molar-refractivity contribution >= 4 is 11.6 Å². The normalized spacial score (nSPS) is 9.42. The molecule has 0 aromatic carbocycles. The number of hydrogen-bond donors (Lipinski definition) is 0. The lowest BCUT2D eigenvalue weighted by molar-refractivity contribution is -0.127. The molecule has 0 N–H and O–H groups in total. The summed E-state index contributed by atoms with van der Waals surface area (Å²) in [7, 11) is 1.69. The minimum atomic E-state index is -0.230. The van der Waals surface area contributed by atoms with Gasteiger partial charge in [-0.3, -0.25) is 4.79 Å². The third-order valence-corrected chi connectivity index (χ3v) is 1.45. The number of carbonyl (C=O) groups is 1. The van der Waals surface area contributed by atoms with Gasteiger partial charge in [0.15, 0.2) is 0 Å². The standard InChI is InChI=1S/C8H15N3O/c1-6(2)5-11(4)8(12)7(3)10-9/h6H,5H2,1-4H3. The Labute approximate surface area is 72.8 Å². The Morgan fingerprint density at radius 2 is 2.08 bits per heavy atom. The van der Waals surface area contributed by atoms with E-state index in [1.807, 2.05) is 13.8 Å². The van der Waals surface area contributed by atoms with Crippen LogP contribution in [-0.2, 0) is 4.79 Å². The molecule has 0 unspecified atom stereocenters. The summed E-state index contributed by atoms with van der Waals surface area (Å²) in [5, 5.41) is 0. The zero-order valence-corrected chi connectivity index (χ0v) is 8.03. The van der Waals surface area contributed by atoms with Crippen molar-refractivity contribution in [1.82, 2.24) is 4.90 Å². The van der Waals surface area contributed by atoms with Gasteiger partial charge in [0.1, 0.15) is 0 Å². The minimum absolute atomic E-state index is 0.123. The molecule has 1 amide bonds. The fourth-order valence-electron chi connectivity index (χ4n) is 0.950. The summed E-state index contributed by atoms with van der Waals surface area (Å²) >= 11 is 0. The number of amides is 1. The topological polar surface area (TPSA) is 56.7 Å². The quantitative estimate of drug-likeness (QED) is 0.350. The largest absolute Gasteiger partial charge is 0.361 e. The Bertz CT molecular complexity index is 216. The van der Waals surface area contributed by atoms with Crippen molar-refractivity contribution in [3.63, 3.8) is 0 Å². The van der Waals surface area contributed by atoms with Gasteiger partial charge in [0.05, 0.1) is 0 Å². The van der Waals surface area contributed by atoms with Crippen molar-refractivity contribution in [3.8, 4) is 0 Å². The van der Waals surface area contributed by atoms with Crippen LogP contribution in [0.1, 0.15) is 20.8 Å². The summed E-state index contributed by atoms with van der Waals surface area (Å²) in [5.41, 5.74) is 8.45. The van der Waals surface area contributed by atoms with Crippen molar-refractivity contribution < 1.29 is 9.58 Å². The van der Waals surface area contributed by atoms with Crippen LogP contribution in [-0.4, -0.2) is 34.9 Å². The number of carbonyl (C=O) groups excluding carboxylic acids is 1. The van der Waals surface area contributed by atoms with Crippen molar-refractivity contribution in [2.45, 2.75) is 20.8 Å². The molecule has 0 saturated heterocycles. The summed E-state index contributed by atoms with van der Waals surface area (Å²) < 4.78 is 0. The minimum Gasteiger partial charge on any atom is -0.361 e. The molecule has 68 valence electrons. The molecule has 4 nitrogen and oxygen atoms in total. The van der Waals surface area contributed by atoms with E-state index in [9.17, 15) is 4.79 Å². The van der Waals surface area contributed by atoms with E-state index in [2.05, 4.69) is 4.79 Å². The number of rotatable bonds is 3. The SMILES string of the molecule is CC(=[N+]=[N-])C(=O)N(C)CC(C)C. The Hall–Kier alpha value is -1.15. The summed E-state index contributed by atoms with van der Waals surface area (Å²) in [6, 6.07) is 0. The van der Waals surface area contributed by atoms with Crippen LogP contribution in [0, 0.1) is 5.92 Å². The Morgan fingerprint density at radius 1 is 1.58 bits per heavy atom. The highest BCUT2D eigenvalue weighted by Gasteiger charge is 2.18. The lowest BCUT2D eigenvalue weighted by atomic mass is 10.2. The van der Waals surface area contributed by atoms with E-state index in [0.29, 0.717) is 12.5 Å². The predicted octanol–water partition coefficient (Wildman–Crippen LogP) is 0.791. The van der Waals surface area contributed by atoms with Crippen molar-refractivity contribution in [2.75, 3.05) is 13.6 Å². The molecule has 0 heterocycles. The maximum Gasteiger partial charge on any atom is 0.352 e. The van der Waals surface area contributed by atoms with Crippen molar-refractivity contribution in [2.24, 2.45) is 5.92 Å². The molecule has 0 radical (unpaired) electrons. The van der Waals surface area contributed by atoms with E-state index in [1.54, 1.807) is 11.9 Å². The van der Waals surface area contributed by atoms with Crippen LogP contribution < -0.4 is 0 Å². The molecular formula is C8H15N3O. The zero-order valence-electron chi connectivity index (χ0n) is 8.03. The van der Waals surface area contributed by atoms with Gasteiger partial charge < -0.3 is 10.4 Å². The average molecular weight is 169 g/mol. The first-order chi connectivity index (χ1) is 5.49. The van der Waals surface area contributed by atoms with Crippen LogP contribution in [0.2, 0.25) is 0 Å². The van der Waals surface area contributed by atoms with Gasteiger partial charge in [-0.05, 0) is 5.92 Å². The van der Waals surface area contributed by atoms with E-state index in [4.69, 9.17) is 5.53 Å². The van der Waals surface area contributed by atoms with E-state index < -0.39 is 0 Å². The molecule has 0 atom stereocenters. The highest BCUT2D eigenvalue weighted by Crippen LogP contribution is 1.96. The van der Waals surface area contributed by atoms with Crippen LogP contribution >= 0.6 is 0 Å². The second kappa shape index (κ2) is 4.67. The first kappa shape index (κ1) is 10.8. The lowest BCUT2D eigenvalue weighted by Crippen LogP contribution is -2.35. The molecule has 0 bridgehead atoms. The third-order valence-electron chi connectivity index (χ3n) is 1.45. The molecule has 0 aliphatic rings. The summed E-state index contributed by atoms with van der Waals surface area (Å²) in [4.78, 5) is 15.6. The predicted molar refractivity (Wildman–Crippen MR) is 46.8 cm³/mol. The molecule has 0 spiro atoms. The monoisotopic (exact) mass is 169 g/mol. The first-order valence-electron chi connectivity index (χ1n) is 3.93. The molecule has 0 aliphatic heterocycles. The van der Waals surface area contributed by atoms with Gasteiger partial charge in [-0.1, -0.05) is 13.8 Å². The number of hydrogen-bond acceptors (Lipinski definition) is 1. The summed E-state index contributed by atoms with van der Waals surface area (Å²) in [6.07, 6.45) is 0. The fraction of sp³-hybridized carbons (Fsp3) is 0.750. The van der Waals surface area contributed by atoms with Crippen molar-refractivity contribution in [3.05, 3.63) is 5.53 Å². The van der Waals surface area contributed by atoms with Gasteiger partial charge in [-0.2, -0.15) is 4.79 Å². The third kappa shape index (κ3) is 3.30. The molecule has 0 aliphatic carbocycles. The second-order valence-electron chi connectivity index (χ2n) is 3.26. The molecular weight excluding hydrogens is 154 g/mol. The highest BCUT2D eigenvalue weighted by molar-refractivity contribution is 6.35. The van der Waals surface area contributed by atoms with Gasteiger partial charge in [-0.15, -0.1) is 0 Å². The summed E-state index contributed by atoms with van der Waals surface area (Å²) in [5.74, 6) is 0.191.